The number of ether oxygens (including phenoxy) is 4. The van der Waals surface area contributed by atoms with E-state index in [9.17, 15) is 9.59 Å². The molecule has 7 heteroatoms. The van der Waals surface area contributed by atoms with Crippen molar-refractivity contribution in [2.45, 2.75) is 40.2 Å². The Hall–Kier alpha value is -3.74. The Morgan fingerprint density at radius 2 is 1.41 bits per heavy atom. The van der Waals surface area contributed by atoms with Crippen LogP contribution in [-0.4, -0.2) is 32.8 Å². The van der Waals surface area contributed by atoms with Crippen LogP contribution in [0.1, 0.15) is 43.4 Å². The molecule has 0 aliphatic carbocycles. The van der Waals surface area contributed by atoms with E-state index in [1.807, 2.05) is 44.2 Å². The second kappa shape index (κ2) is 10.9. The Morgan fingerprint density at radius 3 is 1.94 bits per heavy atom. The highest BCUT2D eigenvalue weighted by Crippen LogP contribution is 2.42. The van der Waals surface area contributed by atoms with Crippen LogP contribution in [0.5, 0.6) is 11.5 Å². The largest absolute Gasteiger partial charge is 0.490 e. The summed E-state index contributed by atoms with van der Waals surface area (Å²) in [6.45, 7) is 8.28. The number of aryl methyl sites for hydroxylation is 1. The van der Waals surface area contributed by atoms with Gasteiger partial charge in [0.1, 0.15) is 6.61 Å². The Bertz CT molecular complexity index is 1090. The summed E-state index contributed by atoms with van der Waals surface area (Å²) >= 11 is 0. The molecule has 1 aliphatic rings. The first-order chi connectivity index (χ1) is 16.3. The van der Waals surface area contributed by atoms with Crippen molar-refractivity contribution in [3.63, 3.8) is 0 Å². The molecule has 2 aromatic rings. The maximum atomic E-state index is 12.7. The Morgan fingerprint density at radius 1 is 0.824 bits per heavy atom. The van der Waals surface area contributed by atoms with Gasteiger partial charge in [-0.3, -0.25) is 0 Å². The summed E-state index contributed by atoms with van der Waals surface area (Å²) < 4.78 is 22.0. The molecule has 0 saturated heterocycles. The first-order valence-corrected chi connectivity index (χ1v) is 11.1. The topological polar surface area (TPSA) is 83.1 Å². The highest BCUT2D eigenvalue weighted by atomic mass is 16.5. The van der Waals surface area contributed by atoms with Crippen LogP contribution in [0.15, 0.2) is 65.0 Å². The number of dihydropyridines is 1. The summed E-state index contributed by atoms with van der Waals surface area (Å²) in [6.07, 6.45) is 0. The average Bonchev–Trinajstić information content (AvgIpc) is 2.83. The van der Waals surface area contributed by atoms with Gasteiger partial charge < -0.3 is 24.3 Å². The average molecular weight is 466 g/mol. The number of benzene rings is 2. The van der Waals surface area contributed by atoms with E-state index in [1.54, 1.807) is 26.0 Å². The zero-order valence-electron chi connectivity index (χ0n) is 20.5. The third-order valence-electron chi connectivity index (χ3n) is 5.69. The Labute approximate surface area is 200 Å². The van der Waals surface area contributed by atoms with Gasteiger partial charge in [-0.2, -0.15) is 0 Å². The standard InChI is InChI=1S/C27H31NO6/c1-7-33-22-14-20(12-13-21(22)34-15-19-10-8-16(2)9-11-19)25-23(26(29)31-5)17(3)28-18(4)24(25)27(30)32-6/h8-14,25,28H,7,15H2,1-6H3. The number of nitrogens with one attached hydrogen (secondary N) is 1. The van der Waals surface area contributed by atoms with Crippen molar-refractivity contribution >= 4 is 11.9 Å². The number of rotatable bonds is 8. The Kier molecular flexibility index (Phi) is 7.99. The summed E-state index contributed by atoms with van der Waals surface area (Å²) in [5, 5.41) is 3.10. The number of esters is 2. The molecule has 180 valence electrons. The molecule has 34 heavy (non-hydrogen) atoms. The lowest BCUT2D eigenvalue weighted by Gasteiger charge is -2.30. The minimum absolute atomic E-state index is 0.337. The molecule has 2 aromatic carbocycles. The lowest BCUT2D eigenvalue weighted by atomic mass is 9.80. The molecule has 0 bridgehead atoms. The van der Waals surface area contributed by atoms with Crippen LogP contribution in [0.25, 0.3) is 0 Å². The molecule has 7 nitrogen and oxygen atoms in total. The van der Waals surface area contributed by atoms with Gasteiger partial charge in [0.05, 0.1) is 37.9 Å². The molecule has 0 fully saturated rings. The number of allylic oxidation sites excluding steroid dienone is 2. The molecule has 1 N–H and O–H groups in total. The summed E-state index contributed by atoms with van der Waals surface area (Å²) in [5.41, 5.74) is 4.80. The summed E-state index contributed by atoms with van der Waals surface area (Å²) in [5.74, 6) is -0.648. The maximum Gasteiger partial charge on any atom is 0.336 e. The van der Waals surface area contributed by atoms with Crippen molar-refractivity contribution in [3.8, 4) is 11.5 Å². The molecule has 1 aliphatic heterocycles. The van der Waals surface area contributed by atoms with Gasteiger partial charge in [-0.1, -0.05) is 35.9 Å². The van der Waals surface area contributed by atoms with Crippen molar-refractivity contribution in [3.05, 3.63) is 81.7 Å². The number of methoxy groups -OCH3 is 2. The van der Waals surface area contributed by atoms with E-state index in [0.29, 0.717) is 52.8 Å². The molecular weight excluding hydrogens is 434 g/mol. The maximum absolute atomic E-state index is 12.7. The second-order valence-corrected chi connectivity index (χ2v) is 8.03. The van der Waals surface area contributed by atoms with E-state index >= 15 is 0 Å². The van der Waals surface area contributed by atoms with Crippen LogP contribution < -0.4 is 14.8 Å². The molecule has 1 heterocycles. The summed E-state index contributed by atoms with van der Waals surface area (Å²) in [6, 6.07) is 13.5. The van der Waals surface area contributed by atoms with Crippen LogP contribution in [-0.2, 0) is 25.7 Å². The monoisotopic (exact) mass is 465 g/mol. The van der Waals surface area contributed by atoms with E-state index in [2.05, 4.69) is 5.32 Å². The molecule has 0 unspecified atom stereocenters. The van der Waals surface area contributed by atoms with Gasteiger partial charge in [-0.15, -0.1) is 0 Å². The summed E-state index contributed by atoms with van der Waals surface area (Å²) in [4.78, 5) is 25.5. The third-order valence-corrected chi connectivity index (χ3v) is 5.69. The number of hydrogen-bond donors (Lipinski definition) is 1. The van der Waals surface area contributed by atoms with E-state index in [0.717, 1.165) is 5.56 Å². The van der Waals surface area contributed by atoms with E-state index < -0.39 is 17.9 Å². The van der Waals surface area contributed by atoms with Crippen LogP contribution in [0.4, 0.5) is 0 Å². The second-order valence-electron chi connectivity index (χ2n) is 8.03. The number of carbonyl (C=O) groups is 2. The van der Waals surface area contributed by atoms with Gasteiger partial charge in [0, 0.05) is 11.4 Å². The lowest BCUT2D eigenvalue weighted by Crippen LogP contribution is -2.32. The van der Waals surface area contributed by atoms with Gasteiger partial charge in [0.25, 0.3) is 0 Å². The fourth-order valence-electron chi connectivity index (χ4n) is 4.03. The molecule has 0 aromatic heterocycles. The Balaban J connectivity index is 2.04. The number of carbonyl (C=O) groups excluding carboxylic acids is 2. The van der Waals surface area contributed by atoms with Crippen LogP contribution in [0.3, 0.4) is 0 Å². The quantitative estimate of drug-likeness (QED) is 0.573. The van der Waals surface area contributed by atoms with Crippen molar-refractivity contribution in [1.29, 1.82) is 0 Å². The zero-order chi connectivity index (χ0) is 24.8. The molecule has 0 atom stereocenters. The SMILES string of the molecule is CCOc1cc(C2C(C(=O)OC)=C(C)NC(C)=C2C(=O)OC)ccc1OCc1ccc(C)cc1. The fraction of sp³-hybridized carbons (Fsp3) is 0.333. The van der Waals surface area contributed by atoms with Crippen LogP contribution in [0.2, 0.25) is 0 Å². The minimum Gasteiger partial charge on any atom is -0.490 e. The fourth-order valence-corrected chi connectivity index (χ4v) is 4.03. The lowest BCUT2D eigenvalue weighted by molar-refractivity contribution is -0.137. The number of hydrogen-bond acceptors (Lipinski definition) is 7. The predicted octanol–water partition coefficient (Wildman–Crippen LogP) is 4.55. The molecule has 0 radical (unpaired) electrons. The van der Waals surface area contributed by atoms with Crippen LogP contribution >= 0.6 is 0 Å². The summed E-state index contributed by atoms with van der Waals surface area (Å²) in [7, 11) is 2.63. The zero-order valence-corrected chi connectivity index (χ0v) is 20.5. The van der Waals surface area contributed by atoms with E-state index in [1.165, 1.54) is 19.8 Å². The smallest absolute Gasteiger partial charge is 0.336 e. The predicted molar refractivity (Wildman–Crippen MR) is 128 cm³/mol. The minimum atomic E-state index is -0.688. The van der Waals surface area contributed by atoms with Gasteiger partial charge in [0.15, 0.2) is 11.5 Å². The van der Waals surface area contributed by atoms with Gasteiger partial charge in [-0.25, -0.2) is 9.59 Å². The van der Waals surface area contributed by atoms with Gasteiger partial charge in [0.2, 0.25) is 0 Å². The molecule has 0 amide bonds. The molecule has 3 rings (SSSR count). The van der Waals surface area contributed by atoms with Crippen molar-refractivity contribution in [2.24, 2.45) is 0 Å². The first-order valence-electron chi connectivity index (χ1n) is 11.1. The van der Waals surface area contributed by atoms with Crippen molar-refractivity contribution < 1.29 is 28.5 Å². The normalized spacial score (nSPS) is 13.9. The van der Waals surface area contributed by atoms with E-state index in [-0.39, 0.29) is 0 Å². The van der Waals surface area contributed by atoms with Gasteiger partial charge >= 0.3 is 11.9 Å². The van der Waals surface area contributed by atoms with Crippen molar-refractivity contribution in [1.82, 2.24) is 5.32 Å². The molecule has 0 saturated carbocycles. The molecular formula is C27H31NO6. The third kappa shape index (κ3) is 5.25. The molecule has 0 spiro atoms. The highest BCUT2D eigenvalue weighted by molar-refractivity contribution is 5.99. The first kappa shape index (κ1) is 24.9. The highest BCUT2D eigenvalue weighted by Gasteiger charge is 2.38. The van der Waals surface area contributed by atoms with E-state index in [4.69, 9.17) is 18.9 Å². The van der Waals surface area contributed by atoms with Crippen molar-refractivity contribution in [2.75, 3.05) is 20.8 Å². The van der Waals surface area contributed by atoms with Crippen LogP contribution in [0, 0.1) is 6.92 Å². The van der Waals surface area contributed by atoms with Gasteiger partial charge in [-0.05, 0) is 51.0 Å².